The fraction of sp³-hybridized carbons (Fsp3) is 0.875. The highest BCUT2D eigenvalue weighted by Crippen LogP contribution is 2.72. The molecular formula is C24H34O6. The lowest BCUT2D eigenvalue weighted by Gasteiger charge is -2.68. The van der Waals surface area contributed by atoms with Crippen molar-refractivity contribution in [2.24, 2.45) is 34.5 Å². The SMILES string of the molecule is COC1OC2CC3CCC4C(CCC5(C)C(C6=CC(=O)OC6)CCC45O)C31CC2O. The number of hydrogen-bond donors (Lipinski definition) is 2. The van der Waals surface area contributed by atoms with Crippen LogP contribution in [0.4, 0.5) is 0 Å². The second-order valence-corrected chi connectivity index (χ2v) is 11.1. The summed E-state index contributed by atoms with van der Waals surface area (Å²) in [6, 6.07) is 0. The Hall–Kier alpha value is -0.950. The van der Waals surface area contributed by atoms with Crippen molar-refractivity contribution in [1.29, 1.82) is 0 Å². The fourth-order valence-electron chi connectivity index (χ4n) is 9.24. The molecule has 0 amide bonds. The molecule has 7 aliphatic rings. The van der Waals surface area contributed by atoms with Crippen LogP contribution >= 0.6 is 0 Å². The number of esters is 1. The van der Waals surface area contributed by atoms with Crippen molar-refractivity contribution in [3.05, 3.63) is 11.6 Å². The zero-order valence-electron chi connectivity index (χ0n) is 18.0. The van der Waals surface area contributed by atoms with Gasteiger partial charge in [-0.05, 0) is 80.6 Å². The predicted octanol–water partition coefficient (Wildman–Crippen LogP) is 2.57. The van der Waals surface area contributed by atoms with Gasteiger partial charge in [0.2, 0.25) is 0 Å². The fourth-order valence-corrected chi connectivity index (χ4v) is 9.24. The number of methoxy groups -OCH3 is 1. The molecule has 6 fully saturated rings. The molecule has 2 bridgehead atoms. The number of aliphatic hydroxyl groups is 2. The minimum absolute atomic E-state index is 0.113. The van der Waals surface area contributed by atoms with Gasteiger partial charge in [-0.3, -0.25) is 0 Å². The first-order valence-corrected chi connectivity index (χ1v) is 11.8. The molecule has 0 aromatic rings. The monoisotopic (exact) mass is 418 g/mol. The summed E-state index contributed by atoms with van der Waals surface area (Å²) >= 11 is 0. The lowest BCUT2D eigenvalue weighted by atomic mass is 9.41. The van der Waals surface area contributed by atoms with Crippen LogP contribution in [0, 0.1) is 34.5 Å². The van der Waals surface area contributed by atoms with Gasteiger partial charge in [0.25, 0.3) is 0 Å². The van der Waals surface area contributed by atoms with Crippen molar-refractivity contribution in [2.75, 3.05) is 13.7 Å². The summed E-state index contributed by atoms with van der Waals surface area (Å²) in [5.41, 5.74) is -0.141. The van der Waals surface area contributed by atoms with Crippen molar-refractivity contribution in [3.63, 3.8) is 0 Å². The van der Waals surface area contributed by atoms with E-state index in [4.69, 9.17) is 14.2 Å². The minimum Gasteiger partial charge on any atom is -0.458 e. The molecule has 7 rings (SSSR count). The largest absolute Gasteiger partial charge is 0.458 e. The van der Waals surface area contributed by atoms with E-state index in [1.807, 2.05) is 0 Å². The Morgan fingerprint density at radius 1 is 1.17 bits per heavy atom. The van der Waals surface area contributed by atoms with Crippen LogP contribution < -0.4 is 0 Å². The summed E-state index contributed by atoms with van der Waals surface area (Å²) in [6.45, 7) is 2.62. The summed E-state index contributed by atoms with van der Waals surface area (Å²) in [7, 11) is 1.73. The van der Waals surface area contributed by atoms with E-state index in [2.05, 4.69) is 6.92 Å². The van der Waals surface area contributed by atoms with Crippen molar-refractivity contribution >= 4 is 5.97 Å². The summed E-state index contributed by atoms with van der Waals surface area (Å²) in [6.07, 6.45) is 8.18. The maximum Gasteiger partial charge on any atom is 0.331 e. The zero-order valence-corrected chi connectivity index (χ0v) is 18.0. The summed E-state index contributed by atoms with van der Waals surface area (Å²) in [4.78, 5) is 11.7. The van der Waals surface area contributed by atoms with E-state index in [1.165, 1.54) is 0 Å². The van der Waals surface area contributed by atoms with Gasteiger partial charge in [-0.25, -0.2) is 4.79 Å². The van der Waals surface area contributed by atoms with Gasteiger partial charge in [-0.15, -0.1) is 0 Å². The molecule has 4 saturated carbocycles. The van der Waals surface area contributed by atoms with E-state index in [-0.39, 0.29) is 41.0 Å². The maximum absolute atomic E-state index is 12.3. The Bertz CT molecular complexity index is 785. The van der Waals surface area contributed by atoms with Gasteiger partial charge in [0.05, 0.1) is 17.8 Å². The Labute approximate surface area is 177 Å². The molecule has 166 valence electrons. The van der Waals surface area contributed by atoms with Crippen LogP contribution in [0.2, 0.25) is 0 Å². The van der Waals surface area contributed by atoms with E-state index in [0.717, 1.165) is 56.9 Å². The number of fused-ring (bicyclic) bond motifs is 5. The molecule has 30 heavy (non-hydrogen) atoms. The van der Waals surface area contributed by atoms with Gasteiger partial charge in [-0.2, -0.15) is 0 Å². The number of carbonyl (C=O) groups is 1. The summed E-state index contributed by atoms with van der Waals surface area (Å²) in [5.74, 6) is 0.931. The van der Waals surface area contributed by atoms with Crippen molar-refractivity contribution in [3.8, 4) is 0 Å². The third kappa shape index (κ3) is 2.21. The molecule has 6 nitrogen and oxygen atoms in total. The lowest BCUT2D eigenvalue weighted by Crippen LogP contribution is -2.70. The van der Waals surface area contributed by atoms with E-state index in [0.29, 0.717) is 18.4 Å². The van der Waals surface area contributed by atoms with E-state index in [9.17, 15) is 15.0 Å². The van der Waals surface area contributed by atoms with Crippen LogP contribution in [0.3, 0.4) is 0 Å². The Kier molecular flexibility index (Phi) is 4.14. The van der Waals surface area contributed by atoms with Gasteiger partial charge in [0.1, 0.15) is 6.61 Å². The molecule has 3 aliphatic heterocycles. The highest BCUT2D eigenvalue weighted by atomic mass is 16.7. The number of aliphatic hydroxyl groups excluding tert-OH is 1. The van der Waals surface area contributed by atoms with Crippen LogP contribution in [-0.4, -0.2) is 54.0 Å². The Morgan fingerprint density at radius 3 is 2.73 bits per heavy atom. The molecule has 10 atom stereocenters. The van der Waals surface area contributed by atoms with Crippen LogP contribution in [-0.2, 0) is 19.0 Å². The number of cyclic esters (lactones) is 1. The number of carbonyl (C=O) groups excluding carboxylic acids is 1. The van der Waals surface area contributed by atoms with Gasteiger partial charge >= 0.3 is 5.97 Å². The highest BCUT2D eigenvalue weighted by molar-refractivity contribution is 5.85. The van der Waals surface area contributed by atoms with E-state index in [1.54, 1.807) is 13.2 Å². The molecule has 0 radical (unpaired) electrons. The highest BCUT2D eigenvalue weighted by Gasteiger charge is 2.72. The molecule has 4 aliphatic carbocycles. The molecular weight excluding hydrogens is 384 g/mol. The third-order valence-electron chi connectivity index (χ3n) is 10.5. The molecule has 0 aromatic carbocycles. The smallest absolute Gasteiger partial charge is 0.331 e. The van der Waals surface area contributed by atoms with Gasteiger partial charge in [0, 0.05) is 24.0 Å². The van der Waals surface area contributed by atoms with E-state index >= 15 is 0 Å². The molecule has 10 unspecified atom stereocenters. The molecule has 6 heteroatoms. The Morgan fingerprint density at radius 2 is 2.00 bits per heavy atom. The second kappa shape index (κ2) is 6.31. The number of ether oxygens (including phenoxy) is 3. The van der Waals surface area contributed by atoms with Gasteiger partial charge in [-0.1, -0.05) is 6.92 Å². The first-order chi connectivity index (χ1) is 14.3. The minimum atomic E-state index is -0.760. The van der Waals surface area contributed by atoms with Crippen LogP contribution in [0.15, 0.2) is 11.6 Å². The molecule has 0 aromatic heterocycles. The van der Waals surface area contributed by atoms with Gasteiger partial charge < -0.3 is 24.4 Å². The second-order valence-electron chi connectivity index (χ2n) is 11.1. The van der Waals surface area contributed by atoms with Crippen LogP contribution in [0.1, 0.15) is 58.3 Å². The molecule has 2 saturated heterocycles. The summed E-state index contributed by atoms with van der Waals surface area (Å²) < 4.78 is 17.3. The number of rotatable bonds is 2. The normalized spacial score (nSPS) is 56.7. The van der Waals surface area contributed by atoms with Crippen LogP contribution in [0.5, 0.6) is 0 Å². The first-order valence-electron chi connectivity index (χ1n) is 11.8. The molecule has 1 spiro atoms. The van der Waals surface area contributed by atoms with Crippen molar-refractivity contribution < 1.29 is 29.2 Å². The quantitative estimate of drug-likeness (QED) is 0.671. The Balaban J connectivity index is 1.38. The predicted molar refractivity (Wildman–Crippen MR) is 107 cm³/mol. The topological polar surface area (TPSA) is 85.2 Å². The van der Waals surface area contributed by atoms with Crippen molar-refractivity contribution in [1.82, 2.24) is 0 Å². The summed E-state index contributed by atoms with van der Waals surface area (Å²) in [5, 5.41) is 23.1. The third-order valence-corrected chi connectivity index (χ3v) is 10.5. The van der Waals surface area contributed by atoms with Crippen molar-refractivity contribution in [2.45, 2.75) is 82.4 Å². The van der Waals surface area contributed by atoms with Gasteiger partial charge in [0.15, 0.2) is 6.29 Å². The average Bonchev–Trinajstić information content (AvgIpc) is 3.27. The molecule has 3 heterocycles. The standard InChI is InChI=1S/C24H34O6/c1-22-7-5-16-17(24(22,27)8-6-15(22)13-9-20(26)29-12-13)4-3-14-10-19-18(25)11-23(14,16)21(28-2)30-19/h9,14-19,21,25,27H,3-8,10-12H2,1-2H3. The number of hydrogen-bond acceptors (Lipinski definition) is 6. The zero-order chi connectivity index (χ0) is 20.9. The average molecular weight is 419 g/mol. The lowest BCUT2D eigenvalue weighted by molar-refractivity contribution is -0.361. The molecule has 2 N–H and O–H groups in total. The maximum atomic E-state index is 12.3. The first kappa shape index (κ1) is 19.7. The van der Waals surface area contributed by atoms with Crippen LogP contribution in [0.25, 0.3) is 0 Å². The van der Waals surface area contributed by atoms with E-state index < -0.39 is 11.7 Å².